The molecule has 1 aromatic rings. The van der Waals surface area contributed by atoms with Crippen LogP contribution >= 0.6 is 0 Å². The summed E-state index contributed by atoms with van der Waals surface area (Å²) in [6.07, 6.45) is -2.99. The van der Waals surface area contributed by atoms with Crippen molar-refractivity contribution < 1.29 is 13.2 Å². The minimum atomic E-state index is -4.44. The summed E-state index contributed by atoms with van der Waals surface area (Å²) in [6.45, 7) is 5.13. The van der Waals surface area contributed by atoms with Crippen molar-refractivity contribution in [1.29, 1.82) is 5.26 Å². The molecule has 16 heavy (non-hydrogen) atoms. The van der Waals surface area contributed by atoms with Gasteiger partial charge in [0.1, 0.15) is 0 Å². The molecule has 0 aliphatic rings. The molecular formula is C12H9F3N. The van der Waals surface area contributed by atoms with Gasteiger partial charge in [0.15, 0.2) is 0 Å². The lowest BCUT2D eigenvalue weighted by Crippen LogP contribution is -2.07. The normalized spacial score (nSPS) is 11.2. The lowest BCUT2D eigenvalue weighted by atomic mass is 9.96. The summed E-state index contributed by atoms with van der Waals surface area (Å²) in [5.74, 6) is 0.600. The third-order valence-electron chi connectivity index (χ3n) is 2.15. The van der Waals surface area contributed by atoms with Gasteiger partial charge in [0.25, 0.3) is 0 Å². The molecule has 1 rings (SSSR count). The van der Waals surface area contributed by atoms with Crippen molar-refractivity contribution in [3.8, 4) is 6.07 Å². The van der Waals surface area contributed by atoms with Crippen molar-refractivity contribution in [3.63, 3.8) is 0 Å². The zero-order valence-corrected chi connectivity index (χ0v) is 8.60. The second kappa shape index (κ2) is 4.40. The van der Waals surface area contributed by atoms with Crippen LogP contribution in [-0.4, -0.2) is 0 Å². The lowest BCUT2D eigenvalue weighted by Gasteiger charge is -2.11. The van der Waals surface area contributed by atoms with Gasteiger partial charge in [-0.1, -0.05) is 13.0 Å². The summed E-state index contributed by atoms with van der Waals surface area (Å²) in [7, 11) is 0. The summed E-state index contributed by atoms with van der Waals surface area (Å²) in [5.41, 5.74) is -0.463. The second-order valence-corrected chi connectivity index (χ2v) is 3.30. The highest BCUT2D eigenvalue weighted by Gasteiger charge is 2.31. The average Bonchev–Trinajstić information content (AvgIpc) is 2.26. The summed E-state index contributed by atoms with van der Waals surface area (Å²) in [6, 6.07) is 4.97. The molecule has 1 aromatic carbocycles. The first-order chi connectivity index (χ1) is 7.38. The van der Waals surface area contributed by atoms with Gasteiger partial charge < -0.3 is 0 Å². The third kappa shape index (κ3) is 2.63. The minimum Gasteiger partial charge on any atom is -0.192 e. The number of rotatable bonds is 2. The molecular weight excluding hydrogens is 215 g/mol. The monoisotopic (exact) mass is 224 g/mol. The van der Waals surface area contributed by atoms with Crippen molar-refractivity contribution >= 4 is 0 Å². The topological polar surface area (TPSA) is 23.8 Å². The zero-order chi connectivity index (χ0) is 12.3. The number of nitriles is 1. The molecule has 0 heterocycles. The molecule has 0 saturated heterocycles. The molecule has 0 unspecified atom stereocenters. The number of hydrogen-bond acceptors (Lipinski definition) is 1. The van der Waals surface area contributed by atoms with E-state index in [2.05, 4.69) is 6.58 Å². The van der Waals surface area contributed by atoms with Gasteiger partial charge in [-0.05, 0) is 23.8 Å². The van der Waals surface area contributed by atoms with Crippen molar-refractivity contribution in [1.82, 2.24) is 0 Å². The Bertz CT molecular complexity index is 441. The highest BCUT2D eigenvalue weighted by molar-refractivity contribution is 5.45. The number of halogens is 3. The maximum Gasteiger partial charge on any atom is 0.416 e. The molecule has 0 aliphatic carbocycles. The van der Waals surface area contributed by atoms with Crippen molar-refractivity contribution in [2.24, 2.45) is 0 Å². The van der Waals surface area contributed by atoms with Crippen LogP contribution in [0, 0.1) is 17.2 Å². The summed E-state index contributed by atoms with van der Waals surface area (Å²) in [5, 5.41) is 8.65. The Morgan fingerprint density at radius 2 is 2.00 bits per heavy atom. The van der Waals surface area contributed by atoms with E-state index in [-0.39, 0.29) is 5.56 Å². The van der Waals surface area contributed by atoms with Crippen LogP contribution < -0.4 is 0 Å². The van der Waals surface area contributed by atoms with E-state index in [0.29, 0.717) is 11.5 Å². The van der Waals surface area contributed by atoms with E-state index in [1.807, 2.05) is 0 Å². The minimum absolute atomic E-state index is 0.00831. The van der Waals surface area contributed by atoms with Crippen molar-refractivity contribution in [2.45, 2.75) is 13.1 Å². The molecule has 0 atom stereocenters. The standard InChI is InChI=1S/C12H9F3N/c1-3-8(2)10-4-9(7-16)5-11(6-10)12(13,14)15/h3-6H,1H2,2H3. The molecule has 1 nitrogen and oxygen atoms in total. The first-order valence-corrected chi connectivity index (χ1v) is 4.47. The third-order valence-corrected chi connectivity index (χ3v) is 2.15. The number of alkyl halides is 3. The Labute approximate surface area is 91.8 Å². The number of allylic oxidation sites excluding steroid dienone is 1. The summed E-state index contributed by atoms with van der Waals surface area (Å²) >= 11 is 0. The Morgan fingerprint density at radius 3 is 2.44 bits per heavy atom. The fraction of sp³-hybridized carbons (Fsp3) is 0.167. The van der Waals surface area contributed by atoms with E-state index in [9.17, 15) is 13.2 Å². The molecule has 0 aliphatic heterocycles. The van der Waals surface area contributed by atoms with E-state index >= 15 is 0 Å². The number of nitrogens with zero attached hydrogens (tertiary/aromatic N) is 1. The van der Waals surface area contributed by atoms with Crippen molar-refractivity contribution in [3.05, 3.63) is 53.5 Å². The maximum atomic E-state index is 12.5. The van der Waals surface area contributed by atoms with E-state index in [4.69, 9.17) is 5.26 Å². The fourth-order valence-electron chi connectivity index (χ4n) is 1.20. The molecule has 0 aromatic heterocycles. The van der Waals surface area contributed by atoms with E-state index in [1.54, 1.807) is 13.0 Å². The first kappa shape index (κ1) is 12.3. The maximum absolute atomic E-state index is 12.5. The van der Waals surface area contributed by atoms with Gasteiger partial charge in [0.2, 0.25) is 0 Å². The van der Waals surface area contributed by atoms with E-state index < -0.39 is 11.7 Å². The molecule has 83 valence electrons. The van der Waals surface area contributed by atoms with E-state index in [0.717, 1.165) is 12.1 Å². The van der Waals surface area contributed by atoms with Crippen LogP contribution in [0.25, 0.3) is 0 Å². The number of hydrogen-bond donors (Lipinski definition) is 0. The molecule has 0 spiro atoms. The second-order valence-electron chi connectivity index (χ2n) is 3.30. The molecule has 0 bridgehead atoms. The summed E-state index contributed by atoms with van der Waals surface area (Å²) < 4.78 is 37.5. The van der Waals surface area contributed by atoms with Crippen LogP contribution in [0.3, 0.4) is 0 Å². The van der Waals surface area contributed by atoms with Gasteiger partial charge in [-0.15, -0.1) is 6.58 Å². The van der Waals surface area contributed by atoms with Gasteiger partial charge >= 0.3 is 6.18 Å². The van der Waals surface area contributed by atoms with Crippen molar-refractivity contribution in [2.75, 3.05) is 0 Å². The highest BCUT2D eigenvalue weighted by atomic mass is 19.4. The van der Waals surface area contributed by atoms with Crippen LogP contribution in [-0.2, 0) is 6.18 Å². The predicted molar refractivity (Wildman–Crippen MR) is 54.4 cm³/mol. The molecule has 1 radical (unpaired) electrons. The Morgan fingerprint density at radius 1 is 1.38 bits per heavy atom. The SMILES string of the molecule is C=C[C](C)c1cc(C#N)cc(C(F)(F)F)c1. The largest absolute Gasteiger partial charge is 0.416 e. The van der Waals surface area contributed by atoms with Crippen LogP contribution in [0.15, 0.2) is 30.9 Å². The van der Waals surface area contributed by atoms with Gasteiger partial charge in [-0.3, -0.25) is 0 Å². The average molecular weight is 224 g/mol. The zero-order valence-electron chi connectivity index (χ0n) is 8.60. The Kier molecular flexibility index (Phi) is 3.38. The number of benzene rings is 1. The van der Waals surface area contributed by atoms with E-state index in [1.165, 1.54) is 12.1 Å². The summed E-state index contributed by atoms with van der Waals surface area (Å²) in [4.78, 5) is 0. The van der Waals surface area contributed by atoms with Gasteiger partial charge in [0, 0.05) is 5.92 Å². The van der Waals surface area contributed by atoms with Crippen LogP contribution in [0.5, 0.6) is 0 Å². The highest BCUT2D eigenvalue weighted by Crippen LogP contribution is 2.32. The molecule has 0 N–H and O–H groups in total. The predicted octanol–water partition coefficient (Wildman–Crippen LogP) is 3.71. The lowest BCUT2D eigenvalue weighted by molar-refractivity contribution is -0.137. The van der Waals surface area contributed by atoms with Gasteiger partial charge in [-0.2, -0.15) is 18.4 Å². The van der Waals surface area contributed by atoms with Gasteiger partial charge in [-0.25, -0.2) is 0 Å². The molecule has 0 saturated carbocycles. The Balaban J connectivity index is 3.33. The van der Waals surface area contributed by atoms with Crippen LogP contribution in [0.2, 0.25) is 0 Å². The fourth-order valence-corrected chi connectivity index (χ4v) is 1.20. The molecule has 4 heteroatoms. The smallest absolute Gasteiger partial charge is 0.192 e. The first-order valence-electron chi connectivity index (χ1n) is 4.47. The van der Waals surface area contributed by atoms with Crippen LogP contribution in [0.1, 0.15) is 23.6 Å². The van der Waals surface area contributed by atoms with Gasteiger partial charge in [0.05, 0.1) is 17.2 Å². The quantitative estimate of drug-likeness (QED) is 0.751. The molecule has 0 amide bonds. The van der Waals surface area contributed by atoms with Crippen LogP contribution in [0.4, 0.5) is 13.2 Å². The molecule has 0 fully saturated rings. The Hall–Kier alpha value is -1.76.